The highest BCUT2D eigenvalue weighted by Gasteiger charge is 2.34. The van der Waals surface area contributed by atoms with E-state index >= 15 is 0 Å². The summed E-state index contributed by atoms with van der Waals surface area (Å²) in [6.07, 6.45) is 3.90. The second-order valence-electron chi connectivity index (χ2n) is 5.49. The van der Waals surface area contributed by atoms with Gasteiger partial charge in [-0.05, 0) is 25.7 Å². The van der Waals surface area contributed by atoms with Gasteiger partial charge in [0.1, 0.15) is 0 Å². The molecule has 1 saturated heterocycles. The highest BCUT2D eigenvalue weighted by atomic mass is 127. The van der Waals surface area contributed by atoms with Gasteiger partial charge in [-0.3, -0.25) is 4.99 Å². The minimum absolute atomic E-state index is 0. The molecule has 1 saturated carbocycles. The van der Waals surface area contributed by atoms with Gasteiger partial charge in [-0.1, -0.05) is 6.42 Å². The molecular weight excluding hydrogens is 391 g/mol. The number of nitrogens with one attached hydrogen (secondary N) is 1. The van der Waals surface area contributed by atoms with Crippen LogP contribution in [-0.4, -0.2) is 50.6 Å². The molecule has 1 aliphatic heterocycles. The highest BCUT2D eigenvalue weighted by Crippen LogP contribution is 2.25. The Morgan fingerprint density at radius 1 is 1.35 bits per heavy atom. The smallest absolute Gasteiger partial charge is 0.213 e. The van der Waals surface area contributed by atoms with E-state index in [1.54, 1.807) is 6.92 Å². The first kappa shape index (κ1) is 18.0. The number of guanidine groups is 1. The van der Waals surface area contributed by atoms with Gasteiger partial charge in [0.05, 0.1) is 5.75 Å². The van der Waals surface area contributed by atoms with Gasteiger partial charge >= 0.3 is 0 Å². The Morgan fingerprint density at radius 2 is 2.00 bits per heavy atom. The third kappa shape index (κ3) is 4.73. The van der Waals surface area contributed by atoms with Crippen LogP contribution < -0.4 is 11.1 Å². The fourth-order valence-electron chi connectivity index (χ4n) is 2.28. The Hall–Kier alpha value is -0.0900. The highest BCUT2D eigenvalue weighted by molar-refractivity contribution is 14.0. The Balaban J connectivity index is 0.00000200. The van der Waals surface area contributed by atoms with Crippen LogP contribution in [0.3, 0.4) is 0 Å². The van der Waals surface area contributed by atoms with E-state index in [1.807, 2.05) is 0 Å². The number of halogens is 1. The largest absolute Gasteiger partial charge is 0.370 e. The van der Waals surface area contributed by atoms with Crippen molar-refractivity contribution in [1.29, 1.82) is 0 Å². The van der Waals surface area contributed by atoms with Crippen molar-refractivity contribution in [3.8, 4) is 0 Å². The normalized spacial score (nSPS) is 21.8. The van der Waals surface area contributed by atoms with Crippen molar-refractivity contribution in [2.75, 3.05) is 31.9 Å². The van der Waals surface area contributed by atoms with Crippen LogP contribution in [0.15, 0.2) is 4.99 Å². The molecule has 0 bridgehead atoms. The van der Waals surface area contributed by atoms with Crippen LogP contribution in [0.4, 0.5) is 0 Å². The lowest BCUT2D eigenvalue weighted by Gasteiger charge is -2.37. The lowest BCUT2D eigenvalue weighted by Crippen LogP contribution is -2.51. The summed E-state index contributed by atoms with van der Waals surface area (Å²) in [7, 11) is -3.01. The predicted octanol–water partition coefficient (Wildman–Crippen LogP) is 0.590. The maximum Gasteiger partial charge on any atom is 0.213 e. The fourth-order valence-corrected chi connectivity index (χ4v) is 3.52. The minimum Gasteiger partial charge on any atom is -0.370 e. The van der Waals surface area contributed by atoms with E-state index in [1.165, 1.54) is 23.6 Å². The lowest BCUT2D eigenvalue weighted by atomic mass is 9.85. The number of nitrogens with two attached hydrogens (primary N) is 1. The lowest BCUT2D eigenvalue weighted by molar-refractivity contribution is 0.208. The maximum absolute atomic E-state index is 11.5. The first-order chi connectivity index (χ1) is 9.01. The second kappa shape index (κ2) is 7.79. The van der Waals surface area contributed by atoms with E-state index < -0.39 is 10.0 Å². The van der Waals surface area contributed by atoms with Crippen LogP contribution in [0.5, 0.6) is 0 Å². The molecule has 0 atom stereocenters. The van der Waals surface area contributed by atoms with Gasteiger partial charge < -0.3 is 11.1 Å². The van der Waals surface area contributed by atoms with E-state index in [0.717, 1.165) is 12.5 Å². The molecule has 0 amide bonds. The van der Waals surface area contributed by atoms with Gasteiger partial charge in [0, 0.05) is 32.1 Å². The molecule has 2 aliphatic rings. The molecule has 118 valence electrons. The molecule has 0 radical (unpaired) electrons. The van der Waals surface area contributed by atoms with Crippen molar-refractivity contribution in [2.45, 2.75) is 26.2 Å². The summed E-state index contributed by atoms with van der Waals surface area (Å²) >= 11 is 0. The van der Waals surface area contributed by atoms with Crippen molar-refractivity contribution in [1.82, 2.24) is 9.62 Å². The molecule has 3 N–H and O–H groups in total. The molecule has 1 heterocycles. The van der Waals surface area contributed by atoms with E-state index in [4.69, 9.17) is 5.73 Å². The molecule has 0 aromatic carbocycles. The van der Waals surface area contributed by atoms with Crippen LogP contribution >= 0.6 is 24.0 Å². The topological polar surface area (TPSA) is 87.8 Å². The first-order valence-corrected chi connectivity index (χ1v) is 8.63. The Morgan fingerprint density at radius 3 is 2.50 bits per heavy atom. The average molecular weight is 416 g/mol. The van der Waals surface area contributed by atoms with Gasteiger partial charge in [0.15, 0.2) is 5.96 Å². The molecule has 20 heavy (non-hydrogen) atoms. The molecule has 2 rings (SSSR count). The van der Waals surface area contributed by atoms with Crippen LogP contribution in [0.2, 0.25) is 0 Å². The van der Waals surface area contributed by atoms with E-state index in [0.29, 0.717) is 31.5 Å². The summed E-state index contributed by atoms with van der Waals surface area (Å²) in [6, 6.07) is 0. The standard InChI is InChI=1S/C12H24N4O2S.HI/c1-2-19(17,18)16-8-11(9-16)7-15-12(13)14-6-10-4-3-5-10;/h10-11H,2-9H2,1H3,(H3,13,14,15);1H. The summed E-state index contributed by atoms with van der Waals surface area (Å²) < 4.78 is 24.6. The second-order valence-corrected chi connectivity index (χ2v) is 7.74. The van der Waals surface area contributed by atoms with Gasteiger partial charge in [-0.15, -0.1) is 24.0 Å². The van der Waals surface area contributed by atoms with Gasteiger partial charge in [0.25, 0.3) is 0 Å². The molecule has 0 aromatic rings. The number of sulfonamides is 1. The maximum atomic E-state index is 11.5. The Kier molecular flexibility index (Phi) is 6.99. The molecule has 2 fully saturated rings. The number of aliphatic imine (C=N–C) groups is 1. The SMILES string of the molecule is CCS(=O)(=O)N1CC(CN=C(N)NCC2CCC2)C1.I. The third-order valence-electron chi connectivity index (χ3n) is 4.00. The van der Waals surface area contributed by atoms with Crippen LogP contribution in [0.1, 0.15) is 26.2 Å². The quantitative estimate of drug-likeness (QED) is 0.377. The summed E-state index contributed by atoms with van der Waals surface area (Å²) in [5.74, 6) is 1.73. The molecule has 0 aromatic heterocycles. The monoisotopic (exact) mass is 416 g/mol. The van der Waals surface area contributed by atoms with E-state index in [2.05, 4.69) is 10.3 Å². The van der Waals surface area contributed by atoms with Crippen molar-refractivity contribution in [2.24, 2.45) is 22.6 Å². The summed E-state index contributed by atoms with van der Waals surface area (Å²) in [5, 5.41) is 3.14. The molecule has 8 heteroatoms. The molecule has 0 spiro atoms. The van der Waals surface area contributed by atoms with Crippen LogP contribution in [-0.2, 0) is 10.0 Å². The number of nitrogens with zero attached hydrogens (tertiary/aromatic N) is 2. The molecular formula is C12H25IN4O2S. The molecule has 1 aliphatic carbocycles. The van der Waals surface area contributed by atoms with Crippen LogP contribution in [0, 0.1) is 11.8 Å². The zero-order valence-electron chi connectivity index (χ0n) is 11.9. The third-order valence-corrected chi connectivity index (χ3v) is 5.81. The number of rotatable bonds is 6. The van der Waals surface area contributed by atoms with Crippen molar-refractivity contribution in [3.05, 3.63) is 0 Å². The van der Waals surface area contributed by atoms with E-state index in [-0.39, 0.29) is 29.7 Å². The molecule has 6 nitrogen and oxygen atoms in total. The first-order valence-electron chi connectivity index (χ1n) is 7.03. The summed E-state index contributed by atoms with van der Waals surface area (Å²) in [5.41, 5.74) is 5.78. The molecule has 0 unspecified atom stereocenters. The summed E-state index contributed by atoms with van der Waals surface area (Å²) in [6.45, 7) is 4.35. The Labute approximate surface area is 138 Å². The zero-order chi connectivity index (χ0) is 13.9. The van der Waals surface area contributed by atoms with Crippen molar-refractivity contribution in [3.63, 3.8) is 0 Å². The predicted molar refractivity (Wildman–Crippen MR) is 91.8 cm³/mol. The van der Waals surface area contributed by atoms with Crippen molar-refractivity contribution < 1.29 is 8.42 Å². The van der Waals surface area contributed by atoms with E-state index in [9.17, 15) is 8.42 Å². The zero-order valence-corrected chi connectivity index (χ0v) is 15.1. The average Bonchev–Trinajstić information content (AvgIpc) is 2.24. The van der Waals surface area contributed by atoms with Gasteiger partial charge in [-0.2, -0.15) is 0 Å². The number of hydrogen-bond donors (Lipinski definition) is 2. The Bertz CT molecular complexity index is 431. The fraction of sp³-hybridized carbons (Fsp3) is 0.917. The summed E-state index contributed by atoms with van der Waals surface area (Å²) in [4.78, 5) is 4.28. The minimum atomic E-state index is -3.01. The van der Waals surface area contributed by atoms with Gasteiger partial charge in [0.2, 0.25) is 10.0 Å². The van der Waals surface area contributed by atoms with Crippen LogP contribution in [0.25, 0.3) is 0 Å². The number of hydrogen-bond acceptors (Lipinski definition) is 3. The van der Waals surface area contributed by atoms with Crippen molar-refractivity contribution >= 4 is 40.0 Å². The van der Waals surface area contributed by atoms with Gasteiger partial charge in [-0.25, -0.2) is 12.7 Å².